The summed E-state index contributed by atoms with van der Waals surface area (Å²) in [6.07, 6.45) is -2.26. The van der Waals surface area contributed by atoms with E-state index in [0.29, 0.717) is 11.3 Å². The highest BCUT2D eigenvalue weighted by Gasteiger charge is 2.42. The summed E-state index contributed by atoms with van der Waals surface area (Å²) in [5, 5.41) is 21.5. The van der Waals surface area contributed by atoms with Crippen LogP contribution in [0.25, 0.3) is 0 Å². The van der Waals surface area contributed by atoms with Crippen molar-refractivity contribution in [3.8, 4) is 5.75 Å². The van der Waals surface area contributed by atoms with Crippen molar-refractivity contribution in [3.05, 3.63) is 59.7 Å². The minimum absolute atomic E-state index is 0.00174. The predicted octanol–water partition coefficient (Wildman–Crippen LogP) is 4.30. The van der Waals surface area contributed by atoms with Crippen LogP contribution in [0.15, 0.2) is 53.4 Å². The molecule has 13 nitrogen and oxygen atoms in total. The van der Waals surface area contributed by atoms with Crippen molar-refractivity contribution < 1.29 is 56.1 Å². The van der Waals surface area contributed by atoms with Gasteiger partial charge in [-0.05, 0) is 90.6 Å². The highest BCUT2D eigenvalue weighted by atomic mass is 32.2. The second kappa shape index (κ2) is 15.2. The maximum Gasteiger partial charge on any atom is 0.408 e. The van der Waals surface area contributed by atoms with Gasteiger partial charge in [-0.25, -0.2) is 9.59 Å². The van der Waals surface area contributed by atoms with Gasteiger partial charge in [0.15, 0.2) is 5.79 Å². The van der Waals surface area contributed by atoms with E-state index in [1.165, 1.54) is 12.1 Å². The molecule has 1 unspecified atom stereocenters. The Kier molecular flexibility index (Phi) is 12.2. The first-order chi connectivity index (χ1) is 21.3. The number of carboxylic acid groups (broad SMARTS) is 2. The number of carbonyl (C=O) groups excluding carboxylic acids is 1. The second-order valence-corrected chi connectivity index (χ2v) is 14.2. The molecule has 2 aromatic rings. The summed E-state index contributed by atoms with van der Waals surface area (Å²) in [6, 6.07) is 11.7. The maximum absolute atomic E-state index is 12.7. The summed E-state index contributed by atoms with van der Waals surface area (Å²) in [6.45, 7) is 9.94. The summed E-state index contributed by atoms with van der Waals surface area (Å²) in [5.41, 5.74) is 0.780. The van der Waals surface area contributed by atoms with E-state index >= 15 is 0 Å². The van der Waals surface area contributed by atoms with Gasteiger partial charge in [-0.3, -0.25) is 8.98 Å². The van der Waals surface area contributed by atoms with Crippen LogP contribution in [0.2, 0.25) is 0 Å². The zero-order valence-corrected chi connectivity index (χ0v) is 27.7. The first kappa shape index (κ1) is 36.7. The van der Waals surface area contributed by atoms with E-state index in [4.69, 9.17) is 23.1 Å². The molecule has 1 amide bonds. The van der Waals surface area contributed by atoms with Gasteiger partial charge in [-0.15, -0.1) is 0 Å². The van der Waals surface area contributed by atoms with E-state index in [2.05, 4.69) is 5.32 Å². The molecule has 1 aliphatic heterocycles. The number of benzene rings is 2. The van der Waals surface area contributed by atoms with Crippen LogP contribution in [0.1, 0.15) is 58.6 Å². The first-order valence-electron chi connectivity index (χ1n) is 14.8. The van der Waals surface area contributed by atoms with Gasteiger partial charge in [0.25, 0.3) is 10.1 Å². The molecule has 1 aliphatic rings. The van der Waals surface area contributed by atoms with E-state index in [1.54, 1.807) is 71.0 Å². The van der Waals surface area contributed by atoms with Crippen molar-refractivity contribution in [2.24, 2.45) is 5.92 Å². The predicted molar refractivity (Wildman–Crippen MR) is 165 cm³/mol. The van der Waals surface area contributed by atoms with Gasteiger partial charge < -0.3 is 34.5 Å². The Bertz CT molecular complexity index is 1450. The van der Waals surface area contributed by atoms with Crippen molar-refractivity contribution in [1.82, 2.24) is 5.32 Å². The van der Waals surface area contributed by atoms with Crippen molar-refractivity contribution in [3.63, 3.8) is 0 Å². The first-order valence-corrected chi connectivity index (χ1v) is 16.2. The monoisotopic (exact) mass is 665 g/mol. The fraction of sp³-hybridized carbons (Fsp3) is 0.531. The molecule has 0 aromatic heterocycles. The van der Waals surface area contributed by atoms with Crippen LogP contribution in [0, 0.1) is 12.8 Å². The van der Waals surface area contributed by atoms with Gasteiger partial charge in [0.05, 0.1) is 17.4 Å². The summed E-state index contributed by atoms with van der Waals surface area (Å²) in [5.74, 6) is -3.83. The molecule has 1 fully saturated rings. The number of hydrogen-bond acceptors (Lipinski definition) is 10. The zero-order chi connectivity index (χ0) is 34.3. The Morgan fingerprint density at radius 2 is 1.50 bits per heavy atom. The lowest BCUT2D eigenvalue weighted by atomic mass is 9.93. The SMILES string of the molecule is Cc1ccc(S(=O)(=O)OC[C@H]2OC(C)(C)O[C@H]2COc2ccc(CC(CC[C@H](NC(=O)OC(C)(C)C)C(=O)O)C(=O)O)cc2)cc1. The standard InChI is InChI=1S/C32H43NO12S/c1-20-7-14-24(15-8-20)46(39,40)42-19-27-26(43-32(5,6)44-27)18-41-23-12-9-21(10-13-23)17-22(28(34)35)11-16-25(29(36)37)33-30(38)45-31(2,3)4/h7-10,12-15,22,25-27H,11,16-19H2,1-6H3,(H,33,38)(H,34,35)(H,36,37)/t22?,25-,26-,27+/m0/s1. The average molecular weight is 666 g/mol. The molecule has 0 bridgehead atoms. The molecule has 254 valence electrons. The molecule has 46 heavy (non-hydrogen) atoms. The van der Waals surface area contributed by atoms with Crippen LogP contribution in [0.5, 0.6) is 5.75 Å². The van der Waals surface area contributed by atoms with Gasteiger partial charge in [-0.2, -0.15) is 8.42 Å². The highest BCUT2D eigenvalue weighted by molar-refractivity contribution is 7.86. The number of rotatable bonds is 15. The number of aryl methyl sites for hydroxylation is 1. The number of ether oxygens (including phenoxy) is 4. The lowest BCUT2D eigenvalue weighted by Gasteiger charge is -2.22. The topological polar surface area (TPSA) is 184 Å². The second-order valence-electron chi connectivity index (χ2n) is 12.6. The molecular formula is C32H43NO12S. The molecule has 0 aliphatic carbocycles. The van der Waals surface area contributed by atoms with Crippen LogP contribution in [0.4, 0.5) is 4.79 Å². The summed E-state index contributed by atoms with van der Waals surface area (Å²) in [4.78, 5) is 35.7. The minimum atomic E-state index is -4.01. The quantitative estimate of drug-likeness (QED) is 0.230. The third kappa shape index (κ3) is 11.6. The number of amides is 1. The molecule has 1 heterocycles. The fourth-order valence-corrected chi connectivity index (χ4v) is 5.61. The smallest absolute Gasteiger partial charge is 0.408 e. The molecule has 0 saturated carbocycles. The van der Waals surface area contributed by atoms with Crippen molar-refractivity contribution in [2.75, 3.05) is 13.2 Å². The highest BCUT2D eigenvalue weighted by Crippen LogP contribution is 2.30. The van der Waals surface area contributed by atoms with E-state index in [1.807, 2.05) is 6.92 Å². The van der Waals surface area contributed by atoms with Crippen LogP contribution in [-0.4, -0.2) is 79.5 Å². The van der Waals surface area contributed by atoms with E-state index in [9.17, 15) is 33.0 Å². The number of carbonyl (C=O) groups is 3. The van der Waals surface area contributed by atoms with E-state index in [-0.39, 0.29) is 37.4 Å². The third-order valence-electron chi connectivity index (χ3n) is 6.94. The van der Waals surface area contributed by atoms with E-state index < -0.39 is 63.7 Å². The summed E-state index contributed by atoms with van der Waals surface area (Å²) in [7, 11) is -4.01. The zero-order valence-electron chi connectivity index (χ0n) is 26.8. The Morgan fingerprint density at radius 1 is 0.913 bits per heavy atom. The van der Waals surface area contributed by atoms with Gasteiger partial charge >= 0.3 is 18.0 Å². The Labute approximate surface area is 269 Å². The van der Waals surface area contributed by atoms with Crippen molar-refractivity contribution in [1.29, 1.82) is 0 Å². The molecule has 0 spiro atoms. The molecule has 3 rings (SSSR count). The number of carboxylic acids is 2. The average Bonchev–Trinajstić information content (AvgIpc) is 3.25. The largest absolute Gasteiger partial charge is 0.491 e. The number of aliphatic carboxylic acids is 2. The van der Waals surface area contributed by atoms with E-state index in [0.717, 1.165) is 5.56 Å². The summed E-state index contributed by atoms with van der Waals surface area (Å²) >= 11 is 0. The van der Waals surface area contributed by atoms with Crippen molar-refractivity contribution >= 4 is 28.1 Å². The van der Waals surface area contributed by atoms with Gasteiger partial charge in [0.2, 0.25) is 0 Å². The Hall–Kier alpha value is -3.72. The number of alkyl carbamates (subject to hydrolysis) is 1. The number of hydrogen-bond donors (Lipinski definition) is 3. The lowest BCUT2D eigenvalue weighted by Crippen LogP contribution is -2.43. The third-order valence-corrected chi connectivity index (χ3v) is 8.24. The van der Waals surface area contributed by atoms with Crippen LogP contribution in [-0.2, 0) is 44.5 Å². The molecule has 4 atom stereocenters. The summed E-state index contributed by atoms with van der Waals surface area (Å²) < 4.78 is 53.4. The maximum atomic E-state index is 12.7. The minimum Gasteiger partial charge on any atom is -0.491 e. The molecule has 14 heteroatoms. The van der Waals surface area contributed by atoms with Crippen LogP contribution >= 0.6 is 0 Å². The fourth-order valence-electron chi connectivity index (χ4n) is 4.69. The molecule has 0 radical (unpaired) electrons. The molecule has 2 aromatic carbocycles. The van der Waals surface area contributed by atoms with Crippen LogP contribution in [0.3, 0.4) is 0 Å². The van der Waals surface area contributed by atoms with Crippen molar-refractivity contribution in [2.45, 2.75) is 95.3 Å². The van der Waals surface area contributed by atoms with Gasteiger partial charge in [0.1, 0.15) is 36.2 Å². The van der Waals surface area contributed by atoms with Crippen LogP contribution < -0.4 is 10.1 Å². The van der Waals surface area contributed by atoms with Gasteiger partial charge in [-0.1, -0.05) is 29.8 Å². The molecular weight excluding hydrogens is 622 g/mol. The molecule has 1 saturated heterocycles. The Morgan fingerprint density at radius 3 is 2.04 bits per heavy atom. The number of nitrogens with one attached hydrogen (secondary N) is 1. The lowest BCUT2D eigenvalue weighted by molar-refractivity contribution is -0.150. The molecule has 3 N–H and O–H groups in total. The Balaban J connectivity index is 1.55. The normalized spacial score (nSPS) is 19.2. The van der Waals surface area contributed by atoms with Gasteiger partial charge in [0, 0.05) is 0 Å².